The highest BCUT2D eigenvalue weighted by Gasteiger charge is 2.04. The summed E-state index contributed by atoms with van der Waals surface area (Å²) in [4.78, 5) is 4.20. The van der Waals surface area contributed by atoms with E-state index in [1.807, 2.05) is 36.4 Å². The number of anilines is 1. The summed E-state index contributed by atoms with van der Waals surface area (Å²) in [7, 11) is 0. The second-order valence-electron chi connectivity index (χ2n) is 4.22. The van der Waals surface area contributed by atoms with Crippen LogP contribution < -0.4 is 5.32 Å². The number of nitrogens with one attached hydrogen (secondary N) is 1. The summed E-state index contributed by atoms with van der Waals surface area (Å²) in [6.07, 6.45) is 0.908. The minimum atomic E-state index is 0.275. The average Bonchev–Trinajstić information content (AvgIpc) is 2.32. The van der Waals surface area contributed by atoms with Gasteiger partial charge in [0.25, 0.3) is 0 Å². The van der Waals surface area contributed by atoms with E-state index >= 15 is 0 Å². The van der Waals surface area contributed by atoms with E-state index in [1.165, 1.54) is 5.56 Å². The molecule has 2 nitrogen and oxygen atoms in total. The van der Waals surface area contributed by atoms with Gasteiger partial charge in [0.1, 0.15) is 11.0 Å². The summed E-state index contributed by atoms with van der Waals surface area (Å²) in [6, 6.07) is 13.7. The molecule has 2 aromatic rings. The van der Waals surface area contributed by atoms with Crippen molar-refractivity contribution in [2.24, 2.45) is 0 Å². The first kappa shape index (κ1) is 13.2. The second kappa shape index (κ2) is 6.07. The van der Waals surface area contributed by atoms with Crippen LogP contribution in [0, 0.1) is 0 Å². The highest BCUT2D eigenvalue weighted by molar-refractivity contribution is 6.30. The van der Waals surface area contributed by atoms with E-state index in [9.17, 15) is 0 Å². The Bertz CT molecular complexity index is 511. The summed E-state index contributed by atoms with van der Waals surface area (Å²) < 4.78 is 0. The van der Waals surface area contributed by atoms with Crippen LogP contribution in [0.3, 0.4) is 0 Å². The van der Waals surface area contributed by atoms with Gasteiger partial charge in [-0.05, 0) is 43.2 Å². The minimum absolute atomic E-state index is 0.275. The molecular weight excluding hydrogens is 267 g/mol. The second-order valence-corrected chi connectivity index (χ2v) is 5.05. The SMILES string of the molecule is CC(Cc1ccc(Cl)cc1)Nc1cccc(Cl)n1. The topological polar surface area (TPSA) is 24.9 Å². The molecule has 2 rings (SSSR count). The quantitative estimate of drug-likeness (QED) is 0.838. The van der Waals surface area contributed by atoms with Gasteiger partial charge in [-0.2, -0.15) is 0 Å². The summed E-state index contributed by atoms with van der Waals surface area (Å²) in [6.45, 7) is 2.11. The van der Waals surface area contributed by atoms with E-state index in [0.717, 1.165) is 17.3 Å². The van der Waals surface area contributed by atoms with Gasteiger partial charge in [-0.3, -0.25) is 0 Å². The van der Waals surface area contributed by atoms with Crippen LogP contribution in [0.15, 0.2) is 42.5 Å². The fourth-order valence-corrected chi connectivity index (χ4v) is 2.06. The first-order valence-electron chi connectivity index (χ1n) is 5.77. The van der Waals surface area contributed by atoms with Crippen molar-refractivity contribution in [1.82, 2.24) is 4.98 Å². The molecule has 0 bridgehead atoms. The molecule has 18 heavy (non-hydrogen) atoms. The van der Waals surface area contributed by atoms with E-state index in [2.05, 4.69) is 17.2 Å². The lowest BCUT2D eigenvalue weighted by molar-refractivity contribution is 0.785. The Hall–Kier alpha value is -1.25. The van der Waals surface area contributed by atoms with Crippen LogP contribution in [-0.2, 0) is 6.42 Å². The minimum Gasteiger partial charge on any atom is -0.367 e. The van der Waals surface area contributed by atoms with Crippen molar-refractivity contribution in [3.05, 3.63) is 58.2 Å². The van der Waals surface area contributed by atoms with E-state index in [1.54, 1.807) is 6.07 Å². The third-order valence-corrected chi connectivity index (χ3v) is 3.03. The van der Waals surface area contributed by atoms with Crippen LogP contribution in [0.1, 0.15) is 12.5 Å². The highest BCUT2D eigenvalue weighted by Crippen LogP contribution is 2.14. The summed E-state index contributed by atoms with van der Waals surface area (Å²) in [5, 5.41) is 4.58. The van der Waals surface area contributed by atoms with Gasteiger partial charge in [0.2, 0.25) is 0 Å². The van der Waals surface area contributed by atoms with E-state index in [-0.39, 0.29) is 6.04 Å². The standard InChI is InChI=1S/C14H14Cl2N2/c1-10(9-11-5-7-12(15)8-6-11)17-14-4-2-3-13(16)18-14/h2-8,10H,9H2,1H3,(H,17,18). The van der Waals surface area contributed by atoms with Crippen molar-refractivity contribution in [2.45, 2.75) is 19.4 Å². The number of hydrogen-bond donors (Lipinski definition) is 1. The molecule has 1 heterocycles. The first-order valence-corrected chi connectivity index (χ1v) is 6.52. The molecule has 0 amide bonds. The number of halogens is 2. The van der Waals surface area contributed by atoms with Crippen molar-refractivity contribution in [3.63, 3.8) is 0 Å². The molecule has 94 valence electrons. The molecule has 1 unspecified atom stereocenters. The highest BCUT2D eigenvalue weighted by atomic mass is 35.5. The molecule has 1 atom stereocenters. The van der Waals surface area contributed by atoms with E-state index < -0.39 is 0 Å². The number of rotatable bonds is 4. The van der Waals surface area contributed by atoms with Crippen LogP contribution in [0.25, 0.3) is 0 Å². The van der Waals surface area contributed by atoms with Crippen LogP contribution in [0.5, 0.6) is 0 Å². The molecular formula is C14H14Cl2N2. The van der Waals surface area contributed by atoms with Crippen molar-refractivity contribution >= 4 is 29.0 Å². The maximum Gasteiger partial charge on any atom is 0.131 e. The number of aromatic nitrogens is 1. The van der Waals surface area contributed by atoms with Crippen LogP contribution in [0.2, 0.25) is 10.2 Å². The lowest BCUT2D eigenvalue weighted by atomic mass is 10.1. The molecule has 0 aliphatic heterocycles. The van der Waals surface area contributed by atoms with E-state index in [4.69, 9.17) is 23.2 Å². The molecule has 0 aliphatic rings. The Morgan fingerprint density at radius 3 is 2.50 bits per heavy atom. The van der Waals surface area contributed by atoms with Crippen LogP contribution in [0.4, 0.5) is 5.82 Å². The van der Waals surface area contributed by atoms with Gasteiger partial charge in [-0.1, -0.05) is 41.4 Å². The number of hydrogen-bond acceptors (Lipinski definition) is 2. The van der Waals surface area contributed by atoms with Crippen molar-refractivity contribution < 1.29 is 0 Å². The molecule has 1 N–H and O–H groups in total. The fraction of sp³-hybridized carbons (Fsp3) is 0.214. The molecule has 0 spiro atoms. The number of benzene rings is 1. The van der Waals surface area contributed by atoms with Gasteiger partial charge >= 0.3 is 0 Å². The lowest BCUT2D eigenvalue weighted by Crippen LogP contribution is -2.18. The lowest BCUT2D eigenvalue weighted by Gasteiger charge is -2.14. The van der Waals surface area contributed by atoms with E-state index in [0.29, 0.717) is 5.15 Å². The molecule has 4 heteroatoms. The molecule has 1 aromatic carbocycles. The average molecular weight is 281 g/mol. The van der Waals surface area contributed by atoms with Gasteiger partial charge < -0.3 is 5.32 Å². The Balaban J connectivity index is 1.96. The van der Waals surface area contributed by atoms with Crippen LogP contribution >= 0.6 is 23.2 Å². The Kier molecular flexibility index (Phi) is 4.45. The van der Waals surface area contributed by atoms with Gasteiger partial charge in [0, 0.05) is 11.1 Å². The fourth-order valence-electron chi connectivity index (χ4n) is 1.77. The maximum absolute atomic E-state index is 5.86. The summed E-state index contributed by atoms with van der Waals surface area (Å²) >= 11 is 11.7. The summed E-state index contributed by atoms with van der Waals surface area (Å²) in [5.74, 6) is 0.795. The molecule has 1 aromatic heterocycles. The van der Waals surface area contributed by atoms with Crippen molar-refractivity contribution in [2.75, 3.05) is 5.32 Å². The Morgan fingerprint density at radius 2 is 1.83 bits per heavy atom. The zero-order valence-electron chi connectivity index (χ0n) is 10.0. The predicted molar refractivity (Wildman–Crippen MR) is 77.5 cm³/mol. The predicted octanol–water partition coefficient (Wildman–Crippen LogP) is 4.43. The number of pyridine rings is 1. The Morgan fingerprint density at radius 1 is 1.11 bits per heavy atom. The molecule has 0 aliphatic carbocycles. The monoisotopic (exact) mass is 280 g/mol. The third-order valence-electron chi connectivity index (χ3n) is 2.56. The largest absolute Gasteiger partial charge is 0.367 e. The zero-order chi connectivity index (χ0) is 13.0. The first-order chi connectivity index (χ1) is 8.63. The maximum atomic E-state index is 5.86. The third kappa shape index (κ3) is 3.90. The normalized spacial score (nSPS) is 12.2. The molecule has 0 radical (unpaired) electrons. The Labute approximate surface area is 117 Å². The molecule has 0 fully saturated rings. The molecule has 0 saturated heterocycles. The van der Waals surface area contributed by atoms with Gasteiger partial charge in [0.15, 0.2) is 0 Å². The van der Waals surface area contributed by atoms with Crippen molar-refractivity contribution in [1.29, 1.82) is 0 Å². The number of nitrogens with zero attached hydrogens (tertiary/aromatic N) is 1. The zero-order valence-corrected chi connectivity index (χ0v) is 11.5. The van der Waals surface area contributed by atoms with Gasteiger partial charge in [0.05, 0.1) is 0 Å². The smallest absolute Gasteiger partial charge is 0.131 e. The summed E-state index contributed by atoms with van der Waals surface area (Å²) in [5.41, 5.74) is 1.24. The molecule has 0 saturated carbocycles. The van der Waals surface area contributed by atoms with Gasteiger partial charge in [-0.15, -0.1) is 0 Å². The van der Waals surface area contributed by atoms with Crippen molar-refractivity contribution in [3.8, 4) is 0 Å². The van der Waals surface area contributed by atoms with Gasteiger partial charge in [-0.25, -0.2) is 4.98 Å². The van der Waals surface area contributed by atoms with Crippen LogP contribution in [-0.4, -0.2) is 11.0 Å².